The van der Waals surface area contributed by atoms with Gasteiger partial charge in [0.2, 0.25) is 0 Å². The molecule has 1 atom stereocenters. The van der Waals surface area contributed by atoms with Crippen LogP contribution < -0.4 is 0 Å². The first-order chi connectivity index (χ1) is 9.15. The Balaban J connectivity index is 2.06. The summed E-state index contributed by atoms with van der Waals surface area (Å²) in [5.41, 5.74) is 1.52. The fourth-order valence-corrected chi connectivity index (χ4v) is 2.45. The number of rotatable bonds is 2. The van der Waals surface area contributed by atoms with Crippen molar-refractivity contribution in [2.24, 2.45) is 0 Å². The molecule has 1 unspecified atom stereocenters. The van der Waals surface area contributed by atoms with E-state index in [0.717, 1.165) is 12.2 Å². The summed E-state index contributed by atoms with van der Waals surface area (Å²) in [5.74, 6) is -0.0536. The molecule has 3 rings (SSSR count). The molecule has 0 saturated heterocycles. The Bertz CT molecular complexity index is 633. The van der Waals surface area contributed by atoms with E-state index in [0.29, 0.717) is 24.2 Å². The molecule has 5 nitrogen and oxygen atoms in total. The molecule has 0 spiro atoms. The summed E-state index contributed by atoms with van der Waals surface area (Å²) in [6.45, 7) is 0.525. The Labute approximate surface area is 110 Å². The number of hydrogen-bond donors (Lipinski definition) is 2. The molecule has 2 N–H and O–H groups in total. The number of fused-ring (bicyclic) bond motifs is 1. The van der Waals surface area contributed by atoms with E-state index in [1.165, 1.54) is 0 Å². The second-order valence-electron chi connectivity index (χ2n) is 4.74. The molecule has 0 fully saturated rings. The number of carbonyl (C=O) groups is 1. The minimum Gasteiger partial charge on any atom is -0.478 e. The van der Waals surface area contributed by atoms with Crippen molar-refractivity contribution < 1.29 is 15.0 Å². The molecule has 2 aromatic rings. The van der Waals surface area contributed by atoms with E-state index in [2.05, 4.69) is 4.98 Å². The maximum atomic E-state index is 11.2. The Hall–Kier alpha value is -2.14. The summed E-state index contributed by atoms with van der Waals surface area (Å²) >= 11 is 0. The number of carboxylic acid groups (broad SMARTS) is 1. The third-order valence-electron chi connectivity index (χ3n) is 3.40. The zero-order valence-electron chi connectivity index (χ0n) is 10.3. The van der Waals surface area contributed by atoms with Gasteiger partial charge in [-0.3, -0.25) is 0 Å². The van der Waals surface area contributed by atoms with Gasteiger partial charge in [0.15, 0.2) is 0 Å². The lowest BCUT2D eigenvalue weighted by atomic mass is 10.1. The number of hydrogen-bond acceptors (Lipinski definition) is 3. The summed E-state index contributed by atoms with van der Waals surface area (Å²) in [6.07, 6.45) is 2.90. The van der Waals surface area contributed by atoms with Crippen LogP contribution in [0, 0.1) is 0 Å². The SMILES string of the molecule is O=C(O)c1ccccc1-c1cn2c(n1)CCC(O)C2. The Morgan fingerprint density at radius 3 is 2.95 bits per heavy atom. The molecule has 1 aliphatic heterocycles. The molecule has 0 amide bonds. The Morgan fingerprint density at radius 2 is 2.16 bits per heavy atom. The molecule has 19 heavy (non-hydrogen) atoms. The lowest BCUT2D eigenvalue weighted by Gasteiger charge is -2.18. The van der Waals surface area contributed by atoms with Crippen molar-refractivity contribution in [3.8, 4) is 11.3 Å². The molecule has 0 aliphatic carbocycles. The fourth-order valence-electron chi connectivity index (χ4n) is 2.45. The van der Waals surface area contributed by atoms with E-state index in [9.17, 15) is 15.0 Å². The Morgan fingerprint density at radius 1 is 1.37 bits per heavy atom. The van der Waals surface area contributed by atoms with Crippen LogP contribution in [0.1, 0.15) is 22.6 Å². The van der Waals surface area contributed by atoms with Crippen LogP contribution in [0.25, 0.3) is 11.3 Å². The van der Waals surface area contributed by atoms with Gasteiger partial charge < -0.3 is 14.8 Å². The van der Waals surface area contributed by atoms with E-state index in [4.69, 9.17) is 0 Å². The highest BCUT2D eigenvalue weighted by atomic mass is 16.4. The first-order valence-electron chi connectivity index (χ1n) is 6.22. The lowest BCUT2D eigenvalue weighted by Crippen LogP contribution is -2.23. The number of imidazole rings is 1. The molecule has 0 radical (unpaired) electrons. The predicted octanol–water partition coefficient (Wildman–Crippen LogP) is 1.56. The van der Waals surface area contributed by atoms with Crippen molar-refractivity contribution in [1.29, 1.82) is 0 Å². The van der Waals surface area contributed by atoms with Crippen molar-refractivity contribution in [1.82, 2.24) is 9.55 Å². The van der Waals surface area contributed by atoms with Crippen LogP contribution in [0.15, 0.2) is 30.5 Å². The van der Waals surface area contributed by atoms with Crippen LogP contribution in [0.2, 0.25) is 0 Å². The maximum Gasteiger partial charge on any atom is 0.336 e. The van der Waals surface area contributed by atoms with Crippen LogP contribution in [0.4, 0.5) is 0 Å². The molecular formula is C14H14N2O3. The predicted molar refractivity (Wildman–Crippen MR) is 69.0 cm³/mol. The molecule has 1 aliphatic rings. The Kier molecular flexibility index (Phi) is 2.83. The monoisotopic (exact) mass is 258 g/mol. The van der Waals surface area contributed by atoms with Gasteiger partial charge in [-0.2, -0.15) is 0 Å². The van der Waals surface area contributed by atoms with E-state index >= 15 is 0 Å². The smallest absolute Gasteiger partial charge is 0.336 e. The van der Waals surface area contributed by atoms with E-state index in [1.807, 2.05) is 10.8 Å². The highest BCUT2D eigenvalue weighted by molar-refractivity contribution is 5.95. The summed E-state index contributed by atoms with van der Waals surface area (Å²) in [7, 11) is 0. The van der Waals surface area contributed by atoms with Crippen LogP contribution in [-0.2, 0) is 13.0 Å². The number of aryl methyl sites for hydroxylation is 1. The molecular weight excluding hydrogens is 244 g/mol. The zero-order valence-corrected chi connectivity index (χ0v) is 10.3. The lowest BCUT2D eigenvalue weighted by molar-refractivity contribution is 0.0697. The van der Waals surface area contributed by atoms with Gasteiger partial charge in [0.1, 0.15) is 5.82 Å². The number of aliphatic hydroxyl groups is 1. The molecule has 98 valence electrons. The van der Waals surface area contributed by atoms with Crippen molar-refractivity contribution in [2.75, 3.05) is 0 Å². The summed E-state index contributed by atoms with van der Waals surface area (Å²) in [5, 5.41) is 18.8. The van der Waals surface area contributed by atoms with Gasteiger partial charge in [0, 0.05) is 24.7 Å². The molecule has 2 heterocycles. The molecule has 5 heteroatoms. The third-order valence-corrected chi connectivity index (χ3v) is 3.40. The molecule has 0 saturated carbocycles. The van der Waals surface area contributed by atoms with Gasteiger partial charge in [-0.05, 0) is 12.5 Å². The number of carboxylic acids is 1. The van der Waals surface area contributed by atoms with Crippen molar-refractivity contribution in [3.63, 3.8) is 0 Å². The highest BCUT2D eigenvalue weighted by Gasteiger charge is 2.20. The highest BCUT2D eigenvalue weighted by Crippen LogP contribution is 2.25. The van der Waals surface area contributed by atoms with Gasteiger partial charge in [-0.1, -0.05) is 18.2 Å². The third kappa shape index (κ3) is 2.13. The number of aromatic nitrogens is 2. The van der Waals surface area contributed by atoms with Crippen LogP contribution in [0.5, 0.6) is 0 Å². The molecule has 0 bridgehead atoms. The van der Waals surface area contributed by atoms with Crippen LogP contribution >= 0.6 is 0 Å². The number of aliphatic hydroxyl groups excluding tert-OH is 1. The average molecular weight is 258 g/mol. The summed E-state index contributed by atoms with van der Waals surface area (Å²) in [6, 6.07) is 6.83. The fraction of sp³-hybridized carbons (Fsp3) is 0.286. The van der Waals surface area contributed by atoms with Gasteiger partial charge in [-0.15, -0.1) is 0 Å². The van der Waals surface area contributed by atoms with Gasteiger partial charge in [0.05, 0.1) is 17.4 Å². The first-order valence-corrected chi connectivity index (χ1v) is 6.22. The van der Waals surface area contributed by atoms with Gasteiger partial charge in [0.25, 0.3) is 0 Å². The van der Waals surface area contributed by atoms with Gasteiger partial charge >= 0.3 is 5.97 Å². The largest absolute Gasteiger partial charge is 0.478 e. The van der Waals surface area contributed by atoms with E-state index < -0.39 is 5.97 Å². The second-order valence-corrected chi connectivity index (χ2v) is 4.74. The standard InChI is InChI=1S/C14H14N2O3/c17-9-5-6-13-15-12(8-16(13)7-9)10-3-1-2-4-11(10)14(18)19/h1-4,8-9,17H,5-7H2,(H,18,19). The minimum atomic E-state index is -0.957. The zero-order chi connectivity index (χ0) is 13.4. The number of nitrogens with zero attached hydrogens (tertiary/aromatic N) is 2. The van der Waals surface area contributed by atoms with Crippen molar-refractivity contribution in [3.05, 3.63) is 41.9 Å². The second kappa shape index (κ2) is 4.51. The number of aromatic carboxylic acids is 1. The van der Waals surface area contributed by atoms with E-state index in [-0.39, 0.29) is 11.7 Å². The molecule has 1 aromatic carbocycles. The van der Waals surface area contributed by atoms with E-state index in [1.54, 1.807) is 24.3 Å². The summed E-state index contributed by atoms with van der Waals surface area (Å²) in [4.78, 5) is 15.7. The van der Waals surface area contributed by atoms with Crippen LogP contribution in [-0.4, -0.2) is 31.8 Å². The normalized spacial score (nSPS) is 18.1. The van der Waals surface area contributed by atoms with Crippen LogP contribution in [0.3, 0.4) is 0 Å². The number of benzene rings is 1. The topological polar surface area (TPSA) is 75.3 Å². The average Bonchev–Trinajstić information content (AvgIpc) is 2.81. The minimum absolute atomic E-state index is 0.249. The van der Waals surface area contributed by atoms with Crippen molar-refractivity contribution >= 4 is 5.97 Å². The van der Waals surface area contributed by atoms with Crippen molar-refractivity contribution in [2.45, 2.75) is 25.5 Å². The van der Waals surface area contributed by atoms with Gasteiger partial charge in [-0.25, -0.2) is 9.78 Å². The summed E-state index contributed by atoms with van der Waals surface area (Å²) < 4.78 is 1.90. The quantitative estimate of drug-likeness (QED) is 0.857. The maximum absolute atomic E-state index is 11.2. The molecule has 1 aromatic heterocycles. The first kappa shape index (κ1) is 11.9.